The van der Waals surface area contributed by atoms with E-state index in [2.05, 4.69) is 39.3 Å². The minimum Gasteiger partial charge on any atom is -0.357 e. The van der Waals surface area contributed by atoms with Crippen molar-refractivity contribution in [1.29, 1.82) is 0 Å². The standard InChI is InChI=1S/C21H27N7OS.HI/c1-3-22-21(28(2)14-19-25-15-8-4-5-10-17(15)30-19)24-13-11-18-26-20(29-27-18)16-9-6-7-12-23-16;/h6-7,9,12H,3-5,8,10-11,13-14H2,1-2H3,(H,22,24);1H. The summed E-state index contributed by atoms with van der Waals surface area (Å²) in [5, 5.41) is 8.57. The summed E-state index contributed by atoms with van der Waals surface area (Å²) in [5.41, 5.74) is 1.98. The molecule has 166 valence electrons. The van der Waals surface area contributed by atoms with E-state index < -0.39 is 0 Å². The predicted molar refractivity (Wildman–Crippen MR) is 133 cm³/mol. The Bertz CT molecular complexity index is 965. The molecule has 1 aliphatic carbocycles. The summed E-state index contributed by atoms with van der Waals surface area (Å²) in [4.78, 5) is 21.8. The number of hydrogen-bond donors (Lipinski definition) is 1. The maximum Gasteiger partial charge on any atom is 0.276 e. The Labute approximate surface area is 203 Å². The van der Waals surface area contributed by atoms with Gasteiger partial charge in [0, 0.05) is 37.6 Å². The number of pyridine rings is 1. The number of rotatable bonds is 7. The molecule has 1 aliphatic rings. The van der Waals surface area contributed by atoms with Crippen LogP contribution in [0.25, 0.3) is 11.6 Å². The van der Waals surface area contributed by atoms with Crippen molar-refractivity contribution in [3.8, 4) is 11.6 Å². The number of hydrogen-bond acceptors (Lipinski definition) is 7. The van der Waals surface area contributed by atoms with Crippen molar-refractivity contribution < 1.29 is 4.52 Å². The average molecular weight is 553 g/mol. The second kappa shape index (κ2) is 11.5. The predicted octanol–water partition coefficient (Wildman–Crippen LogP) is 3.72. The summed E-state index contributed by atoms with van der Waals surface area (Å²) >= 11 is 1.85. The molecule has 3 aromatic heterocycles. The van der Waals surface area contributed by atoms with Gasteiger partial charge in [0.25, 0.3) is 5.89 Å². The molecule has 31 heavy (non-hydrogen) atoms. The Kier molecular flexibility index (Phi) is 8.76. The van der Waals surface area contributed by atoms with Gasteiger partial charge in [-0.1, -0.05) is 11.2 Å². The number of guanidine groups is 1. The maximum atomic E-state index is 5.32. The first kappa shape index (κ1) is 23.6. The molecule has 8 nitrogen and oxygen atoms in total. The first-order valence-corrected chi connectivity index (χ1v) is 11.3. The van der Waals surface area contributed by atoms with Crippen LogP contribution in [0, 0.1) is 0 Å². The summed E-state index contributed by atoms with van der Waals surface area (Å²) in [6.45, 7) is 4.21. The number of nitrogens with one attached hydrogen (secondary N) is 1. The van der Waals surface area contributed by atoms with Gasteiger partial charge >= 0.3 is 0 Å². The molecular weight excluding hydrogens is 525 g/mol. The lowest BCUT2D eigenvalue weighted by Gasteiger charge is -2.20. The Morgan fingerprint density at radius 2 is 2.13 bits per heavy atom. The molecule has 4 rings (SSSR count). The smallest absolute Gasteiger partial charge is 0.276 e. The zero-order valence-corrected chi connectivity index (χ0v) is 21.0. The van der Waals surface area contributed by atoms with Gasteiger partial charge in [0.2, 0.25) is 0 Å². The largest absolute Gasteiger partial charge is 0.357 e. The Balaban J connectivity index is 0.00000272. The van der Waals surface area contributed by atoms with Crippen LogP contribution < -0.4 is 5.32 Å². The quantitative estimate of drug-likeness (QED) is 0.271. The van der Waals surface area contributed by atoms with Gasteiger partial charge in [-0.3, -0.25) is 9.98 Å². The highest BCUT2D eigenvalue weighted by Gasteiger charge is 2.17. The van der Waals surface area contributed by atoms with E-state index in [0.717, 1.165) is 30.5 Å². The van der Waals surface area contributed by atoms with Crippen molar-refractivity contribution >= 4 is 41.3 Å². The molecule has 0 saturated carbocycles. The minimum absolute atomic E-state index is 0. The lowest BCUT2D eigenvalue weighted by atomic mass is 10.0. The van der Waals surface area contributed by atoms with Crippen molar-refractivity contribution in [2.24, 2.45) is 4.99 Å². The Morgan fingerprint density at radius 3 is 2.90 bits per heavy atom. The number of aryl methyl sites for hydroxylation is 2. The summed E-state index contributed by atoms with van der Waals surface area (Å²) in [6.07, 6.45) is 7.15. The zero-order chi connectivity index (χ0) is 20.8. The summed E-state index contributed by atoms with van der Waals surface area (Å²) in [7, 11) is 2.05. The van der Waals surface area contributed by atoms with Gasteiger partial charge in [0.1, 0.15) is 10.7 Å². The Morgan fingerprint density at radius 1 is 1.26 bits per heavy atom. The third-order valence-electron chi connectivity index (χ3n) is 4.91. The number of fused-ring (bicyclic) bond motifs is 1. The number of nitrogens with zero attached hydrogens (tertiary/aromatic N) is 6. The van der Waals surface area contributed by atoms with Gasteiger partial charge in [-0.25, -0.2) is 4.98 Å². The van der Waals surface area contributed by atoms with Crippen LogP contribution in [0.5, 0.6) is 0 Å². The first-order chi connectivity index (χ1) is 14.7. The molecule has 0 bridgehead atoms. The van der Waals surface area contributed by atoms with Gasteiger partial charge in [0.15, 0.2) is 11.8 Å². The third-order valence-corrected chi connectivity index (χ3v) is 6.05. The Hall–Kier alpha value is -2.08. The second-order valence-electron chi connectivity index (χ2n) is 7.26. The fourth-order valence-corrected chi connectivity index (χ4v) is 4.64. The van der Waals surface area contributed by atoms with Crippen molar-refractivity contribution in [2.75, 3.05) is 20.1 Å². The molecule has 0 unspecified atom stereocenters. The van der Waals surface area contributed by atoms with E-state index in [1.807, 2.05) is 29.5 Å². The molecule has 3 heterocycles. The van der Waals surface area contributed by atoms with Crippen LogP contribution in [0.3, 0.4) is 0 Å². The molecule has 0 saturated heterocycles. The molecule has 3 aromatic rings. The first-order valence-electron chi connectivity index (χ1n) is 10.4. The van der Waals surface area contributed by atoms with Gasteiger partial charge in [-0.15, -0.1) is 35.3 Å². The number of halogens is 1. The molecular formula is C21H28IN7OS. The highest BCUT2D eigenvalue weighted by Crippen LogP contribution is 2.27. The van der Waals surface area contributed by atoms with Crippen molar-refractivity contribution in [3.63, 3.8) is 0 Å². The van der Waals surface area contributed by atoms with Crippen LogP contribution >= 0.6 is 35.3 Å². The molecule has 0 fully saturated rings. The van der Waals surface area contributed by atoms with Gasteiger partial charge in [-0.2, -0.15) is 4.98 Å². The van der Waals surface area contributed by atoms with Crippen LogP contribution in [-0.4, -0.2) is 51.1 Å². The third kappa shape index (κ3) is 6.22. The fourth-order valence-electron chi connectivity index (χ4n) is 3.43. The van der Waals surface area contributed by atoms with Crippen molar-refractivity contribution in [3.05, 3.63) is 45.8 Å². The van der Waals surface area contributed by atoms with Gasteiger partial charge < -0.3 is 14.7 Å². The molecule has 0 aliphatic heterocycles. The molecule has 0 spiro atoms. The van der Waals surface area contributed by atoms with E-state index in [0.29, 0.717) is 30.4 Å². The van der Waals surface area contributed by atoms with E-state index in [1.54, 1.807) is 6.20 Å². The van der Waals surface area contributed by atoms with Crippen molar-refractivity contribution in [1.82, 2.24) is 30.3 Å². The zero-order valence-electron chi connectivity index (χ0n) is 17.9. The van der Waals surface area contributed by atoms with E-state index in [-0.39, 0.29) is 24.0 Å². The minimum atomic E-state index is 0. The summed E-state index contributed by atoms with van der Waals surface area (Å²) in [5.74, 6) is 1.93. The highest BCUT2D eigenvalue weighted by atomic mass is 127. The highest BCUT2D eigenvalue weighted by molar-refractivity contribution is 14.0. The molecule has 0 atom stereocenters. The summed E-state index contributed by atoms with van der Waals surface area (Å²) < 4.78 is 5.32. The molecule has 1 N–H and O–H groups in total. The second-order valence-corrected chi connectivity index (χ2v) is 8.43. The fraction of sp³-hybridized carbons (Fsp3) is 0.476. The van der Waals surface area contributed by atoms with Crippen LogP contribution in [0.4, 0.5) is 0 Å². The van der Waals surface area contributed by atoms with Crippen LogP contribution in [0.2, 0.25) is 0 Å². The normalized spacial score (nSPS) is 13.4. The maximum absolute atomic E-state index is 5.32. The topological polar surface area (TPSA) is 92.3 Å². The van der Waals surface area contributed by atoms with Crippen LogP contribution in [0.1, 0.15) is 41.2 Å². The monoisotopic (exact) mass is 553 g/mol. The number of aromatic nitrogens is 4. The molecule has 0 radical (unpaired) electrons. The van der Waals surface area contributed by atoms with Gasteiger partial charge in [0.05, 0.1) is 12.2 Å². The van der Waals surface area contributed by atoms with E-state index in [9.17, 15) is 0 Å². The molecule has 10 heteroatoms. The van der Waals surface area contributed by atoms with E-state index >= 15 is 0 Å². The van der Waals surface area contributed by atoms with E-state index in [1.165, 1.54) is 29.8 Å². The summed E-state index contributed by atoms with van der Waals surface area (Å²) in [6, 6.07) is 5.60. The lowest BCUT2D eigenvalue weighted by Crippen LogP contribution is -2.38. The molecule has 0 amide bonds. The number of thiazole rings is 1. The van der Waals surface area contributed by atoms with Crippen LogP contribution in [-0.2, 0) is 25.8 Å². The lowest BCUT2D eigenvalue weighted by molar-refractivity contribution is 0.421. The molecule has 0 aromatic carbocycles. The van der Waals surface area contributed by atoms with Crippen molar-refractivity contribution in [2.45, 2.75) is 45.6 Å². The van der Waals surface area contributed by atoms with E-state index in [4.69, 9.17) is 14.5 Å². The number of aliphatic imine (C=N–C) groups is 1. The average Bonchev–Trinajstić information content (AvgIpc) is 3.40. The van der Waals surface area contributed by atoms with Crippen LogP contribution in [0.15, 0.2) is 33.9 Å². The SMILES string of the molecule is CCNC(=NCCc1noc(-c2ccccn2)n1)N(C)Cc1nc2c(s1)CCCC2.I. The van der Waals surface area contributed by atoms with Gasteiger partial charge in [-0.05, 0) is 44.7 Å².